The van der Waals surface area contributed by atoms with Crippen molar-refractivity contribution in [2.75, 3.05) is 4.90 Å². The number of rotatable bonds is 2. The van der Waals surface area contributed by atoms with Crippen LogP contribution in [-0.4, -0.2) is 22.9 Å². The summed E-state index contributed by atoms with van der Waals surface area (Å²) < 4.78 is 39.9. The van der Waals surface area contributed by atoms with Gasteiger partial charge >= 0.3 is 12.1 Å². The van der Waals surface area contributed by atoms with E-state index in [1.807, 2.05) is 0 Å². The standard InChI is InChI=1S/C16H8F3NO4/c17-16(18,19)11-7-3-6-10(15(23)24)12(11)20-13(21)8-4-1-2-5-9(8)14(20)22/h1-7H,(H,23,24). The molecule has 0 fully saturated rings. The lowest BCUT2D eigenvalue weighted by atomic mass is 10.0. The first-order valence-electron chi connectivity index (χ1n) is 6.65. The fourth-order valence-corrected chi connectivity index (χ4v) is 2.58. The lowest BCUT2D eigenvalue weighted by Gasteiger charge is -2.21. The average molecular weight is 335 g/mol. The van der Waals surface area contributed by atoms with Gasteiger partial charge in [0.25, 0.3) is 11.8 Å². The zero-order chi connectivity index (χ0) is 17.6. The number of alkyl halides is 3. The van der Waals surface area contributed by atoms with Gasteiger partial charge in [-0.15, -0.1) is 0 Å². The van der Waals surface area contributed by atoms with Crippen LogP contribution in [0, 0.1) is 0 Å². The topological polar surface area (TPSA) is 74.7 Å². The fourth-order valence-electron chi connectivity index (χ4n) is 2.58. The van der Waals surface area contributed by atoms with Gasteiger partial charge in [0, 0.05) is 0 Å². The molecule has 122 valence electrons. The van der Waals surface area contributed by atoms with Gasteiger partial charge in [0.05, 0.1) is 27.9 Å². The quantitative estimate of drug-likeness (QED) is 0.855. The second-order valence-electron chi connectivity index (χ2n) is 5.00. The summed E-state index contributed by atoms with van der Waals surface area (Å²) in [5.41, 5.74) is -3.26. The number of hydrogen-bond acceptors (Lipinski definition) is 3. The summed E-state index contributed by atoms with van der Waals surface area (Å²) in [7, 11) is 0. The van der Waals surface area contributed by atoms with Gasteiger partial charge in [-0.3, -0.25) is 9.59 Å². The van der Waals surface area contributed by atoms with Crippen LogP contribution in [0.15, 0.2) is 42.5 Å². The van der Waals surface area contributed by atoms with E-state index < -0.39 is 40.8 Å². The Morgan fingerprint density at radius 2 is 1.46 bits per heavy atom. The van der Waals surface area contributed by atoms with Crippen LogP contribution < -0.4 is 4.90 Å². The van der Waals surface area contributed by atoms with E-state index in [1.165, 1.54) is 24.3 Å². The van der Waals surface area contributed by atoms with E-state index >= 15 is 0 Å². The molecule has 8 heteroatoms. The van der Waals surface area contributed by atoms with Crippen molar-refractivity contribution in [1.29, 1.82) is 0 Å². The summed E-state index contributed by atoms with van der Waals surface area (Å²) in [4.78, 5) is 36.4. The van der Waals surface area contributed by atoms with E-state index in [4.69, 9.17) is 0 Å². The summed E-state index contributed by atoms with van der Waals surface area (Å²) in [6.07, 6.45) is -4.93. The lowest BCUT2D eigenvalue weighted by Crippen LogP contribution is -2.33. The minimum absolute atomic E-state index is 0.0733. The smallest absolute Gasteiger partial charge is 0.418 e. The van der Waals surface area contributed by atoms with E-state index in [2.05, 4.69) is 0 Å². The van der Waals surface area contributed by atoms with Crippen molar-refractivity contribution < 1.29 is 32.7 Å². The molecule has 1 aliphatic rings. The van der Waals surface area contributed by atoms with Gasteiger partial charge in [-0.1, -0.05) is 18.2 Å². The van der Waals surface area contributed by atoms with Crippen molar-refractivity contribution in [3.05, 3.63) is 64.7 Å². The molecule has 5 nitrogen and oxygen atoms in total. The number of imide groups is 1. The summed E-state index contributed by atoms with van der Waals surface area (Å²) >= 11 is 0. The van der Waals surface area contributed by atoms with Crippen molar-refractivity contribution in [2.24, 2.45) is 0 Å². The zero-order valence-electron chi connectivity index (χ0n) is 11.8. The molecule has 2 amide bonds. The number of carboxylic acid groups (broad SMARTS) is 1. The third-order valence-corrected chi connectivity index (χ3v) is 3.59. The number of nitrogens with zero attached hydrogens (tertiary/aromatic N) is 1. The minimum Gasteiger partial charge on any atom is -0.478 e. The largest absolute Gasteiger partial charge is 0.478 e. The molecular weight excluding hydrogens is 327 g/mol. The molecule has 3 rings (SSSR count). The van der Waals surface area contributed by atoms with E-state index in [0.717, 1.165) is 12.1 Å². The van der Waals surface area contributed by atoms with Gasteiger partial charge < -0.3 is 5.11 Å². The summed E-state index contributed by atoms with van der Waals surface area (Å²) in [5, 5.41) is 9.19. The monoisotopic (exact) mass is 335 g/mol. The highest BCUT2D eigenvalue weighted by Crippen LogP contribution is 2.41. The number of amides is 2. The van der Waals surface area contributed by atoms with Gasteiger partial charge in [-0.05, 0) is 24.3 Å². The number of aromatic carboxylic acids is 1. The van der Waals surface area contributed by atoms with Crippen molar-refractivity contribution >= 4 is 23.5 Å². The number of carbonyl (C=O) groups is 3. The molecule has 0 aliphatic carbocycles. The fraction of sp³-hybridized carbons (Fsp3) is 0.0625. The lowest BCUT2D eigenvalue weighted by molar-refractivity contribution is -0.137. The molecule has 2 aromatic carbocycles. The van der Waals surface area contributed by atoms with Crippen molar-refractivity contribution in [3.8, 4) is 0 Å². The van der Waals surface area contributed by atoms with Gasteiger partial charge in [-0.2, -0.15) is 13.2 Å². The SMILES string of the molecule is O=C(O)c1cccc(C(F)(F)F)c1N1C(=O)c2ccccc2C1=O. The van der Waals surface area contributed by atoms with Crippen LogP contribution in [0.2, 0.25) is 0 Å². The maximum Gasteiger partial charge on any atom is 0.418 e. The minimum atomic E-state index is -4.93. The molecule has 0 saturated carbocycles. The number of para-hydroxylation sites is 1. The van der Waals surface area contributed by atoms with E-state index in [9.17, 15) is 32.7 Å². The summed E-state index contributed by atoms with van der Waals surface area (Å²) in [6, 6.07) is 7.97. The van der Waals surface area contributed by atoms with Gasteiger partial charge in [0.15, 0.2) is 0 Å². The third kappa shape index (κ3) is 2.23. The Bertz CT molecular complexity index is 854. The van der Waals surface area contributed by atoms with Gasteiger partial charge in [0.2, 0.25) is 0 Å². The molecule has 0 radical (unpaired) electrons. The molecule has 1 heterocycles. The Labute approximate surface area is 132 Å². The number of anilines is 1. The second-order valence-corrected chi connectivity index (χ2v) is 5.00. The van der Waals surface area contributed by atoms with E-state index in [0.29, 0.717) is 6.07 Å². The van der Waals surface area contributed by atoms with Gasteiger partial charge in [-0.25, -0.2) is 9.69 Å². The predicted octanol–water partition coefficient (Wildman–Crippen LogP) is 3.20. The van der Waals surface area contributed by atoms with Gasteiger partial charge in [0.1, 0.15) is 0 Å². The van der Waals surface area contributed by atoms with Crippen molar-refractivity contribution in [3.63, 3.8) is 0 Å². The first-order chi connectivity index (χ1) is 11.2. The molecule has 2 aromatic rings. The molecular formula is C16H8F3NO4. The number of carbonyl (C=O) groups excluding carboxylic acids is 2. The Hall–Kier alpha value is -3.16. The first-order valence-corrected chi connectivity index (χ1v) is 6.65. The Kier molecular flexibility index (Phi) is 3.40. The van der Waals surface area contributed by atoms with Crippen LogP contribution >= 0.6 is 0 Å². The van der Waals surface area contributed by atoms with E-state index in [1.54, 1.807) is 0 Å². The summed E-state index contributed by atoms with van der Waals surface area (Å²) in [6.45, 7) is 0. The molecule has 24 heavy (non-hydrogen) atoms. The number of halogens is 3. The highest BCUT2D eigenvalue weighted by atomic mass is 19.4. The third-order valence-electron chi connectivity index (χ3n) is 3.59. The number of hydrogen-bond donors (Lipinski definition) is 1. The Morgan fingerprint density at radius 3 is 1.92 bits per heavy atom. The molecule has 1 N–H and O–H groups in total. The van der Waals surface area contributed by atoms with Crippen LogP contribution in [0.4, 0.5) is 18.9 Å². The van der Waals surface area contributed by atoms with Crippen LogP contribution in [-0.2, 0) is 6.18 Å². The predicted molar refractivity (Wildman–Crippen MR) is 76.0 cm³/mol. The van der Waals surface area contributed by atoms with E-state index in [-0.39, 0.29) is 16.0 Å². The second kappa shape index (κ2) is 5.19. The molecule has 1 aliphatic heterocycles. The normalized spacial score (nSPS) is 14.0. The molecule has 0 bridgehead atoms. The van der Waals surface area contributed by atoms with Crippen molar-refractivity contribution in [2.45, 2.75) is 6.18 Å². The molecule has 0 unspecified atom stereocenters. The number of fused-ring (bicyclic) bond motifs is 1. The molecule has 0 atom stereocenters. The Balaban J connectivity index is 2.29. The zero-order valence-corrected chi connectivity index (χ0v) is 11.8. The maximum atomic E-state index is 13.3. The molecule has 0 spiro atoms. The average Bonchev–Trinajstić information content (AvgIpc) is 2.77. The summed E-state index contributed by atoms with van der Waals surface area (Å²) in [5.74, 6) is -3.66. The highest BCUT2D eigenvalue weighted by molar-refractivity contribution is 6.35. The maximum absolute atomic E-state index is 13.3. The number of carboxylic acids is 1. The number of benzene rings is 2. The van der Waals surface area contributed by atoms with Crippen LogP contribution in [0.3, 0.4) is 0 Å². The van der Waals surface area contributed by atoms with Crippen LogP contribution in [0.25, 0.3) is 0 Å². The van der Waals surface area contributed by atoms with Crippen LogP contribution in [0.1, 0.15) is 36.6 Å². The highest BCUT2D eigenvalue weighted by Gasteiger charge is 2.44. The van der Waals surface area contributed by atoms with Crippen molar-refractivity contribution in [1.82, 2.24) is 0 Å². The first kappa shape index (κ1) is 15.7. The molecule has 0 saturated heterocycles. The molecule has 0 aromatic heterocycles. The van der Waals surface area contributed by atoms with Crippen LogP contribution in [0.5, 0.6) is 0 Å². The Morgan fingerprint density at radius 1 is 0.917 bits per heavy atom.